The normalized spacial score (nSPS) is 13.4. The van der Waals surface area contributed by atoms with Gasteiger partial charge in [0, 0.05) is 18.8 Å². The molecular formula is C20H20N4O3. The van der Waals surface area contributed by atoms with Crippen LogP contribution in [0, 0.1) is 0 Å². The Morgan fingerprint density at radius 2 is 1.93 bits per heavy atom. The van der Waals surface area contributed by atoms with Gasteiger partial charge in [0.25, 0.3) is 11.8 Å². The zero-order valence-electron chi connectivity index (χ0n) is 14.9. The molecule has 1 fully saturated rings. The van der Waals surface area contributed by atoms with Crippen LogP contribution in [0.15, 0.2) is 48.7 Å². The van der Waals surface area contributed by atoms with Gasteiger partial charge in [0.15, 0.2) is 5.69 Å². The smallest absolute Gasteiger partial charge is 0.287 e. The van der Waals surface area contributed by atoms with Crippen molar-refractivity contribution < 1.29 is 14.3 Å². The molecule has 2 N–H and O–H groups in total. The predicted octanol–water partition coefficient (Wildman–Crippen LogP) is 2.17. The lowest BCUT2D eigenvalue weighted by Gasteiger charge is -2.06. The fourth-order valence-electron chi connectivity index (χ4n) is 2.85. The van der Waals surface area contributed by atoms with E-state index in [0.717, 1.165) is 24.2 Å². The van der Waals surface area contributed by atoms with E-state index in [1.54, 1.807) is 29.8 Å². The van der Waals surface area contributed by atoms with Crippen LogP contribution in [0.3, 0.4) is 0 Å². The third kappa shape index (κ3) is 3.62. The summed E-state index contributed by atoms with van der Waals surface area (Å²) in [6.07, 6.45) is 3.72. The molecule has 4 rings (SSSR count). The molecule has 2 aromatic heterocycles. The third-order valence-corrected chi connectivity index (χ3v) is 4.49. The Morgan fingerprint density at radius 3 is 2.63 bits per heavy atom. The van der Waals surface area contributed by atoms with Crippen molar-refractivity contribution in [3.63, 3.8) is 0 Å². The number of hydrogen-bond donors (Lipinski definition) is 2. The van der Waals surface area contributed by atoms with Crippen molar-refractivity contribution in [3.05, 3.63) is 65.7 Å². The Bertz CT molecular complexity index is 990. The van der Waals surface area contributed by atoms with Crippen LogP contribution in [-0.4, -0.2) is 34.4 Å². The van der Waals surface area contributed by atoms with Gasteiger partial charge in [0.05, 0.1) is 12.6 Å². The van der Waals surface area contributed by atoms with Gasteiger partial charge in [-0.25, -0.2) is 4.98 Å². The van der Waals surface area contributed by atoms with Gasteiger partial charge in [-0.05, 0) is 42.7 Å². The van der Waals surface area contributed by atoms with E-state index in [9.17, 15) is 9.59 Å². The molecular weight excluding hydrogens is 344 g/mol. The lowest BCUT2D eigenvalue weighted by molar-refractivity contribution is 0.0939. The van der Waals surface area contributed by atoms with Crippen molar-refractivity contribution in [2.45, 2.75) is 25.4 Å². The van der Waals surface area contributed by atoms with Gasteiger partial charge >= 0.3 is 0 Å². The van der Waals surface area contributed by atoms with Gasteiger partial charge in [-0.15, -0.1) is 0 Å². The molecule has 0 aliphatic heterocycles. The summed E-state index contributed by atoms with van der Waals surface area (Å²) in [7, 11) is 1.61. The molecule has 1 aliphatic rings. The summed E-state index contributed by atoms with van der Waals surface area (Å²) in [5.41, 5.74) is 1.83. The predicted molar refractivity (Wildman–Crippen MR) is 99.8 cm³/mol. The Balaban J connectivity index is 1.54. The topological polar surface area (TPSA) is 84.7 Å². The maximum Gasteiger partial charge on any atom is 0.287 e. The van der Waals surface area contributed by atoms with Crippen LogP contribution in [0.5, 0.6) is 5.75 Å². The molecule has 7 heteroatoms. The number of nitrogens with one attached hydrogen (secondary N) is 2. The third-order valence-electron chi connectivity index (χ3n) is 4.49. The summed E-state index contributed by atoms with van der Waals surface area (Å²) < 4.78 is 6.77. The van der Waals surface area contributed by atoms with Crippen molar-refractivity contribution in [1.82, 2.24) is 20.0 Å². The van der Waals surface area contributed by atoms with Gasteiger partial charge in [-0.3, -0.25) is 14.0 Å². The van der Waals surface area contributed by atoms with Gasteiger partial charge in [-0.1, -0.05) is 18.2 Å². The molecule has 2 heterocycles. The van der Waals surface area contributed by atoms with Gasteiger partial charge in [0.2, 0.25) is 5.82 Å². The minimum atomic E-state index is -0.336. The van der Waals surface area contributed by atoms with Crippen LogP contribution in [-0.2, 0) is 6.54 Å². The van der Waals surface area contributed by atoms with E-state index in [-0.39, 0.29) is 29.4 Å². The molecule has 27 heavy (non-hydrogen) atoms. The molecule has 0 radical (unpaired) electrons. The Hall–Kier alpha value is -3.35. The van der Waals surface area contributed by atoms with E-state index in [1.807, 2.05) is 30.3 Å². The molecule has 3 aromatic rings. The van der Waals surface area contributed by atoms with Crippen molar-refractivity contribution in [3.8, 4) is 5.75 Å². The zero-order chi connectivity index (χ0) is 18.8. The number of hydrogen-bond acceptors (Lipinski definition) is 4. The summed E-state index contributed by atoms with van der Waals surface area (Å²) in [5.74, 6) is 0.378. The second-order valence-corrected chi connectivity index (χ2v) is 6.52. The number of amides is 2. The highest BCUT2D eigenvalue weighted by molar-refractivity contribution is 6.02. The fourth-order valence-corrected chi connectivity index (χ4v) is 2.85. The molecule has 0 spiro atoms. The van der Waals surface area contributed by atoms with E-state index < -0.39 is 0 Å². The maximum atomic E-state index is 12.7. The molecule has 0 atom stereocenters. The number of imidazole rings is 1. The lowest BCUT2D eigenvalue weighted by Crippen LogP contribution is -2.27. The number of pyridine rings is 1. The van der Waals surface area contributed by atoms with Crippen molar-refractivity contribution in [1.29, 1.82) is 0 Å². The van der Waals surface area contributed by atoms with Crippen LogP contribution in [0.1, 0.15) is 39.5 Å². The van der Waals surface area contributed by atoms with Gasteiger partial charge in [0.1, 0.15) is 5.75 Å². The average Bonchev–Trinajstić information content (AvgIpc) is 3.43. The number of ether oxygens (including phenoxy) is 1. The summed E-state index contributed by atoms with van der Waals surface area (Å²) in [6.45, 7) is 0.355. The van der Waals surface area contributed by atoms with Crippen LogP contribution in [0.4, 0.5) is 0 Å². The van der Waals surface area contributed by atoms with Crippen LogP contribution in [0.2, 0.25) is 0 Å². The van der Waals surface area contributed by atoms with E-state index in [2.05, 4.69) is 15.6 Å². The number of carbonyl (C=O) groups is 2. The Kier molecular flexibility index (Phi) is 4.50. The molecule has 1 aromatic carbocycles. The lowest BCUT2D eigenvalue weighted by atomic mass is 10.2. The second-order valence-electron chi connectivity index (χ2n) is 6.52. The number of nitrogens with zero attached hydrogens (tertiary/aromatic N) is 2. The molecule has 0 bridgehead atoms. The number of fused-ring (bicyclic) bond motifs is 1. The van der Waals surface area contributed by atoms with E-state index in [4.69, 9.17) is 4.74 Å². The van der Waals surface area contributed by atoms with Crippen molar-refractivity contribution in [2.75, 3.05) is 7.11 Å². The number of carbonyl (C=O) groups excluding carboxylic acids is 2. The van der Waals surface area contributed by atoms with E-state index in [1.165, 1.54) is 0 Å². The standard InChI is InChI=1S/C20H20N4O3/c1-27-15-9-5-13(6-10-15)12-21-20(26)18-23-17(19(25)22-14-7-8-14)16-4-2-3-11-24(16)18/h2-6,9-11,14H,7-8,12H2,1H3,(H,21,26)(H,22,25). The number of rotatable bonds is 6. The minimum Gasteiger partial charge on any atom is -0.497 e. The molecule has 1 saturated carbocycles. The minimum absolute atomic E-state index is 0.194. The summed E-state index contributed by atoms with van der Waals surface area (Å²) in [4.78, 5) is 29.5. The fraction of sp³-hybridized carbons (Fsp3) is 0.250. The molecule has 0 saturated heterocycles. The molecule has 2 amide bonds. The zero-order valence-corrected chi connectivity index (χ0v) is 14.9. The van der Waals surface area contributed by atoms with Crippen molar-refractivity contribution >= 4 is 17.3 Å². The van der Waals surface area contributed by atoms with E-state index >= 15 is 0 Å². The number of methoxy groups -OCH3 is 1. The first-order chi connectivity index (χ1) is 13.2. The van der Waals surface area contributed by atoms with Crippen LogP contribution in [0.25, 0.3) is 5.52 Å². The highest BCUT2D eigenvalue weighted by Crippen LogP contribution is 2.21. The SMILES string of the molecule is COc1ccc(CNC(=O)c2nc(C(=O)NC3CC3)c3ccccn23)cc1. The first kappa shape index (κ1) is 17.1. The van der Waals surface area contributed by atoms with Gasteiger partial charge < -0.3 is 15.4 Å². The van der Waals surface area contributed by atoms with Crippen LogP contribution >= 0.6 is 0 Å². The van der Waals surface area contributed by atoms with Crippen molar-refractivity contribution in [2.24, 2.45) is 0 Å². The largest absolute Gasteiger partial charge is 0.497 e. The maximum absolute atomic E-state index is 12.7. The Morgan fingerprint density at radius 1 is 1.15 bits per heavy atom. The summed E-state index contributed by atoms with van der Waals surface area (Å²) in [6, 6.07) is 13.1. The monoisotopic (exact) mass is 364 g/mol. The molecule has 0 unspecified atom stereocenters. The highest BCUT2D eigenvalue weighted by Gasteiger charge is 2.27. The van der Waals surface area contributed by atoms with E-state index in [0.29, 0.717) is 12.1 Å². The first-order valence-electron chi connectivity index (χ1n) is 8.85. The second kappa shape index (κ2) is 7.11. The summed E-state index contributed by atoms with van der Waals surface area (Å²) >= 11 is 0. The molecule has 1 aliphatic carbocycles. The number of benzene rings is 1. The Labute approximate surface area is 156 Å². The molecule has 138 valence electrons. The first-order valence-corrected chi connectivity index (χ1v) is 8.85. The summed E-state index contributed by atoms with van der Waals surface area (Å²) in [5, 5.41) is 5.78. The molecule has 7 nitrogen and oxygen atoms in total. The average molecular weight is 364 g/mol. The highest BCUT2D eigenvalue weighted by atomic mass is 16.5. The van der Waals surface area contributed by atoms with Crippen LogP contribution < -0.4 is 15.4 Å². The quantitative estimate of drug-likeness (QED) is 0.702. The number of aromatic nitrogens is 2. The van der Waals surface area contributed by atoms with Gasteiger partial charge in [-0.2, -0.15) is 0 Å².